The fourth-order valence-corrected chi connectivity index (χ4v) is 6.68. The van der Waals surface area contributed by atoms with Crippen LogP contribution in [0.2, 0.25) is 0 Å². The number of rotatable bonds is 9. The molecule has 4 nitrogen and oxygen atoms in total. The van der Waals surface area contributed by atoms with E-state index in [1.165, 1.54) is 11.1 Å². The molecule has 0 aliphatic carbocycles. The number of nitrogens with one attached hydrogen (secondary N) is 2. The molecule has 0 fully saturated rings. The summed E-state index contributed by atoms with van der Waals surface area (Å²) >= 11 is 0. The molecule has 6 heteroatoms. The zero-order valence-corrected chi connectivity index (χ0v) is 29.2. The van der Waals surface area contributed by atoms with E-state index in [1.807, 2.05) is 21.6 Å². The Kier molecular flexibility index (Phi) is 11.2. The molecule has 0 spiro atoms. The maximum atomic E-state index is 11.0. The van der Waals surface area contributed by atoms with Crippen LogP contribution in [-0.4, -0.2) is 21.0 Å². The fourth-order valence-electron chi connectivity index (χ4n) is 4.64. The Bertz CT molecular complexity index is 987. The van der Waals surface area contributed by atoms with Crippen molar-refractivity contribution in [2.24, 2.45) is 0 Å². The average molecular weight is 589 g/mol. The zero-order chi connectivity index (χ0) is 30.8. The Labute approximate surface area is 253 Å². The highest BCUT2D eigenvalue weighted by Crippen LogP contribution is 2.41. The van der Waals surface area contributed by atoms with Crippen molar-refractivity contribution in [2.75, 3.05) is 0 Å². The normalized spacial score (nSPS) is 14.8. The van der Waals surface area contributed by atoms with E-state index in [2.05, 4.69) is 132 Å². The van der Waals surface area contributed by atoms with E-state index >= 15 is 0 Å². The second-order valence-corrected chi connectivity index (χ2v) is 18.3. The molecule has 2 aromatic carbocycles. The monoisotopic (exact) mass is 588 g/mol. The minimum absolute atomic E-state index is 0.129. The summed E-state index contributed by atoms with van der Waals surface area (Å²) in [6, 6.07) is 8.62. The molecule has 2 rings (SSSR count). The lowest BCUT2D eigenvalue weighted by molar-refractivity contribution is 0.421. The van der Waals surface area contributed by atoms with Gasteiger partial charge in [-0.3, -0.25) is 0 Å². The molecular formula is C34H56N2O2S2. The molecule has 40 heavy (non-hydrogen) atoms. The lowest BCUT2D eigenvalue weighted by Crippen LogP contribution is -2.26. The first-order valence-corrected chi connectivity index (χ1v) is 16.8. The Morgan fingerprint density at radius 1 is 0.525 bits per heavy atom. The molecule has 2 aromatic rings. The maximum absolute atomic E-state index is 11.0. The van der Waals surface area contributed by atoms with Gasteiger partial charge in [0.2, 0.25) is 0 Å². The molecule has 0 saturated carbocycles. The predicted octanol–water partition coefficient (Wildman–Crippen LogP) is 9.24. The van der Waals surface area contributed by atoms with Gasteiger partial charge in [-0.25, -0.2) is 0 Å². The van der Waals surface area contributed by atoms with Crippen molar-refractivity contribution in [3.05, 3.63) is 57.6 Å². The highest BCUT2D eigenvalue weighted by Gasteiger charge is 2.28. The zero-order valence-electron chi connectivity index (χ0n) is 27.6. The quantitative estimate of drug-likeness (QED) is 0.173. The van der Waals surface area contributed by atoms with Crippen molar-refractivity contribution in [1.82, 2.24) is 10.6 Å². The van der Waals surface area contributed by atoms with Gasteiger partial charge in [0.05, 0.1) is 10.7 Å². The third-order valence-corrected chi connectivity index (χ3v) is 10.2. The molecule has 2 atom stereocenters. The fraction of sp³-hybridized carbons (Fsp3) is 0.647. The summed E-state index contributed by atoms with van der Waals surface area (Å²) in [6.45, 7) is 31.8. The summed E-state index contributed by atoms with van der Waals surface area (Å²) in [6.07, 6.45) is 0. The Morgan fingerprint density at radius 2 is 0.750 bits per heavy atom. The molecule has 226 valence electrons. The van der Waals surface area contributed by atoms with Gasteiger partial charge < -0.3 is 20.8 Å². The van der Waals surface area contributed by atoms with E-state index in [4.69, 9.17) is 0 Å². The van der Waals surface area contributed by atoms with Gasteiger partial charge in [0.25, 0.3) is 0 Å². The first kappa shape index (κ1) is 34.9. The third kappa shape index (κ3) is 9.61. The molecule has 0 aromatic heterocycles. The SMILES string of the molecule is CC(NCc1cc(C(C)(C)C)c(O)c(C(C)(C)C)c1)SSC(C)NCc1cc(C(C)(C)C)c(O)c(C(C)(C)C)c1. The Morgan fingerprint density at radius 3 is 0.950 bits per heavy atom. The van der Waals surface area contributed by atoms with Crippen LogP contribution >= 0.6 is 21.6 Å². The largest absolute Gasteiger partial charge is 0.507 e. The van der Waals surface area contributed by atoms with E-state index < -0.39 is 0 Å². The van der Waals surface area contributed by atoms with Crippen LogP contribution in [0.1, 0.15) is 130 Å². The third-order valence-electron chi connectivity index (χ3n) is 7.10. The molecule has 0 aliphatic rings. The van der Waals surface area contributed by atoms with Crippen molar-refractivity contribution >= 4 is 21.6 Å². The van der Waals surface area contributed by atoms with Gasteiger partial charge in [-0.15, -0.1) is 0 Å². The van der Waals surface area contributed by atoms with Gasteiger partial charge in [-0.2, -0.15) is 0 Å². The number of phenols is 2. The van der Waals surface area contributed by atoms with Crippen LogP contribution in [-0.2, 0) is 34.7 Å². The summed E-state index contributed by atoms with van der Waals surface area (Å²) in [5.74, 6) is 0.860. The van der Waals surface area contributed by atoms with Gasteiger partial charge in [0.1, 0.15) is 11.5 Å². The summed E-state index contributed by atoms with van der Waals surface area (Å²) in [7, 11) is 3.66. The summed E-state index contributed by atoms with van der Waals surface area (Å²) in [5.41, 5.74) is 5.90. The van der Waals surface area contributed by atoms with Crippen LogP contribution in [0.15, 0.2) is 24.3 Å². The van der Waals surface area contributed by atoms with Gasteiger partial charge in [-0.1, -0.05) is 129 Å². The maximum Gasteiger partial charge on any atom is 0.123 e. The lowest BCUT2D eigenvalue weighted by Gasteiger charge is -2.28. The number of hydrogen-bond donors (Lipinski definition) is 4. The molecule has 0 bridgehead atoms. The van der Waals surface area contributed by atoms with Crippen LogP contribution in [0.5, 0.6) is 11.5 Å². The second kappa shape index (κ2) is 12.9. The van der Waals surface area contributed by atoms with Gasteiger partial charge >= 0.3 is 0 Å². The van der Waals surface area contributed by atoms with Crippen LogP contribution in [0, 0.1) is 0 Å². The molecule has 2 unspecified atom stereocenters. The number of phenolic OH excluding ortho intramolecular Hbond substituents is 2. The van der Waals surface area contributed by atoms with Crippen molar-refractivity contribution in [3.63, 3.8) is 0 Å². The number of hydrogen-bond acceptors (Lipinski definition) is 6. The molecule has 0 amide bonds. The first-order valence-electron chi connectivity index (χ1n) is 14.5. The van der Waals surface area contributed by atoms with Crippen LogP contribution in [0.4, 0.5) is 0 Å². The summed E-state index contributed by atoms with van der Waals surface area (Å²) in [5, 5.41) is 29.9. The average Bonchev–Trinajstić information content (AvgIpc) is 2.78. The highest BCUT2D eigenvalue weighted by atomic mass is 33.1. The molecular weight excluding hydrogens is 533 g/mol. The minimum Gasteiger partial charge on any atom is -0.507 e. The molecule has 0 saturated heterocycles. The molecule has 4 N–H and O–H groups in total. The molecule has 0 aliphatic heterocycles. The highest BCUT2D eigenvalue weighted by molar-refractivity contribution is 8.77. The van der Waals surface area contributed by atoms with Gasteiger partial charge in [-0.05, 0) is 68.9 Å². The van der Waals surface area contributed by atoms with E-state index in [-0.39, 0.29) is 32.4 Å². The van der Waals surface area contributed by atoms with Crippen LogP contribution in [0.25, 0.3) is 0 Å². The van der Waals surface area contributed by atoms with Crippen molar-refractivity contribution in [3.8, 4) is 11.5 Å². The minimum atomic E-state index is -0.129. The van der Waals surface area contributed by atoms with Crippen molar-refractivity contribution in [1.29, 1.82) is 0 Å². The lowest BCUT2D eigenvalue weighted by atomic mass is 9.78. The van der Waals surface area contributed by atoms with E-state index in [0.29, 0.717) is 11.5 Å². The second-order valence-electron chi connectivity index (χ2n) is 15.3. The number of aromatic hydroxyl groups is 2. The van der Waals surface area contributed by atoms with E-state index in [9.17, 15) is 10.2 Å². The van der Waals surface area contributed by atoms with Crippen molar-refractivity contribution in [2.45, 2.75) is 142 Å². The van der Waals surface area contributed by atoms with Crippen LogP contribution in [0.3, 0.4) is 0 Å². The van der Waals surface area contributed by atoms with Crippen molar-refractivity contribution < 1.29 is 10.2 Å². The van der Waals surface area contributed by atoms with Crippen LogP contribution < -0.4 is 10.6 Å². The Hall–Kier alpha value is -1.34. The molecule has 0 radical (unpaired) electrons. The first-order chi connectivity index (χ1) is 18.0. The smallest absolute Gasteiger partial charge is 0.123 e. The topological polar surface area (TPSA) is 64.5 Å². The Balaban J connectivity index is 2.03. The standard InChI is InChI=1S/C34H56N2O2S2/c1-21(35-19-23-15-25(31(3,4)5)29(37)26(16-23)32(6,7)8)39-40-22(2)36-20-24-17-27(33(9,10)11)30(38)28(18-24)34(12,13)14/h15-18,21-22,35-38H,19-20H2,1-14H3. The van der Waals surface area contributed by atoms with Gasteiger partial charge in [0.15, 0.2) is 0 Å². The van der Waals surface area contributed by atoms with E-state index in [0.717, 1.165) is 35.3 Å². The molecule has 0 heterocycles. The predicted molar refractivity (Wildman–Crippen MR) is 179 cm³/mol. The van der Waals surface area contributed by atoms with Gasteiger partial charge in [0, 0.05) is 13.1 Å². The summed E-state index contributed by atoms with van der Waals surface area (Å²) < 4.78 is 0. The summed E-state index contributed by atoms with van der Waals surface area (Å²) in [4.78, 5) is 0. The number of benzene rings is 2. The van der Waals surface area contributed by atoms with E-state index in [1.54, 1.807) is 0 Å².